The predicted molar refractivity (Wildman–Crippen MR) is 58.5 cm³/mol. The van der Waals surface area contributed by atoms with Crippen LogP contribution in [0.1, 0.15) is 10.4 Å². The Morgan fingerprint density at radius 3 is 2.71 bits per heavy atom. The standard InChI is InChI=1S/C10H7F3N2OS/c11-6-2-1-5(7(12)8(6)13)9(16)15-10-14-3-4-17-10/h1-2H,3-4H2,(H,14,15,16). The quantitative estimate of drug-likeness (QED) is 0.784. The zero-order valence-electron chi connectivity index (χ0n) is 8.47. The van der Waals surface area contributed by atoms with Gasteiger partial charge in [0.15, 0.2) is 22.6 Å². The number of nitrogens with one attached hydrogen (secondary N) is 1. The SMILES string of the molecule is O=C(NC1=NCCS1)c1ccc(F)c(F)c1F. The van der Waals surface area contributed by atoms with Gasteiger partial charge in [0.1, 0.15) is 0 Å². The van der Waals surface area contributed by atoms with Gasteiger partial charge in [-0.2, -0.15) is 0 Å². The summed E-state index contributed by atoms with van der Waals surface area (Å²) in [4.78, 5) is 15.5. The van der Waals surface area contributed by atoms with E-state index in [0.717, 1.165) is 11.8 Å². The molecule has 0 spiro atoms. The average molecular weight is 260 g/mol. The molecule has 1 aromatic rings. The van der Waals surface area contributed by atoms with Crippen LogP contribution in [0.3, 0.4) is 0 Å². The fourth-order valence-electron chi connectivity index (χ4n) is 1.28. The van der Waals surface area contributed by atoms with Crippen LogP contribution in [0, 0.1) is 17.5 Å². The molecule has 3 nitrogen and oxygen atoms in total. The molecular formula is C10H7F3N2OS. The van der Waals surface area contributed by atoms with Crippen LogP contribution < -0.4 is 5.32 Å². The number of hydrogen-bond acceptors (Lipinski definition) is 3. The largest absolute Gasteiger partial charge is 0.301 e. The smallest absolute Gasteiger partial charge is 0.260 e. The number of thioether (sulfide) groups is 1. The number of nitrogens with zero attached hydrogens (tertiary/aromatic N) is 1. The van der Waals surface area contributed by atoms with Crippen molar-refractivity contribution in [2.24, 2.45) is 4.99 Å². The maximum absolute atomic E-state index is 13.3. The minimum Gasteiger partial charge on any atom is -0.301 e. The first kappa shape index (κ1) is 12.0. The van der Waals surface area contributed by atoms with Crippen LogP contribution in [-0.2, 0) is 0 Å². The van der Waals surface area contributed by atoms with Crippen LogP contribution in [0.5, 0.6) is 0 Å². The van der Waals surface area contributed by atoms with Crippen LogP contribution in [0.25, 0.3) is 0 Å². The van der Waals surface area contributed by atoms with Crippen molar-refractivity contribution in [2.45, 2.75) is 0 Å². The van der Waals surface area contributed by atoms with Crippen molar-refractivity contribution in [1.29, 1.82) is 0 Å². The first-order chi connectivity index (χ1) is 8.09. The molecule has 0 saturated carbocycles. The topological polar surface area (TPSA) is 41.5 Å². The van der Waals surface area contributed by atoms with Gasteiger partial charge in [-0.15, -0.1) is 0 Å². The van der Waals surface area contributed by atoms with Crippen LogP contribution >= 0.6 is 11.8 Å². The Bertz CT molecular complexity index is 505. The number of hydrogen-bond donors (Lipinski definition) is 1. The summed E-state index contributed by atoms with van der Waals surface area (Å²) in [5, 5.41) is 2.69. The maximum Gasteiger partial charge on any atom is 0.260 e. The summed E-state index contributed by atoms with van der Waals surface area (Å²) < 4.78 is 38.8. The molecule has 0 atom stereocenters. The van der Waals surface area contributed by atoms with E-state index < -0.39 is 28.9 Å². The lowest BCUT2D eigenvalue weighted by Gasteiger charge is -2.05. The van der Waals surface area contributed by atoms with Gasteiger partial charge in [-0.25, -0.2) is 13.2 Å². The Hall–Kier alpha value is -1.50. The van der Waals surface area contributed by atoms with Gasteiger partial charge in [-0.3, -0.25) is 9.79 Å². The molecule has 0 fully saturated rings. The Balaban J connectivity index is 2.22. The normalized spacial score (nSPS) is 14.6. The van der Waals surface area contributed by atoms with Gasteiger partial charge in [-0.1, -0.05) is 11.8 Å². The molecule has 1 N–H and O–H groups in total. The lowest BCUT2D eigenvalue weighted by Crippen LogP contribution is -2.28. The molecule has 1 aliphatic heterocycles. The average Bonchev–Trinajstić information content (AvgIpc) is 2.78. The molecular weight excluding hydrogens is 253 g/mol. The highest BCUT2D eigenvalue weighted by atomic mass is 32.2. The molecule has 17 heavy (non-hydrogen) atoms. The van der Waals surface area contributed by atoms with Crippen LogP contribution in [0.15, 0.2) is 17.1 Å². The molecule has 1 aromatic carbocycles. The zero-order chi connectivity index (χ0) is 12.4. The zero-order valence-corrected chi connectivity index (χ0v) is 9.28. The third kappa shape index (κ3) is 2.44. The summed E-state index contributed by atoms with van der Waals surface area (Å²) in [6, 6.07) is 1.60. The van der Waals surface area contributed by atoms with Gasteiger partial charge < -0.3 is 5.32 Å². The van der Waals surface area contributed by atoms with Gasteiger partial charge >= 0.3 is 0 Å². The monoisotopic (exact) mass is 260 g/mol. The number of amidine groups is 1. The lowest BCUT2D eigenvalue weighted by atomic mass is 10.2. The summed E-state index contributed by atoms with van der Waals surface area (Å²) in [6.07, 6.45) is 0. The van der Waals surface area contributed by atoms with Crippen molar-refractivity contribution in [3.05, 3.63) is 35.1 Å². The predicted octanol–water partition coefficient (Wildman–Crippen LogP) is 1.94. The highest BCUT2D eigenvalue weighted by Gasteiger charge is 2.20. The Morgan fingerprint density at radius 2 is 2.06 bits per heavy atom. The second-order valence-electron chi connectivity index (χ2n) is 3.21. The van der Waals surface area contributed by atoms with Gasteiger partial charge in [-0.05, 0) is 12.1 Å². The molecule has 1 aliphatic rings. The molecule has 1 amide bonds. The van der Waals surface area contributed by atoms with E-state index in [2.05, 4.69) is 10.3 Å². The van der Waals surface area contributed by atoms with Gasteiger partial charge in [0, 0.05) is 5.75 Å². The van der Waals surface area contributed by atoms with Crippen LogP contribution in [0.4, 0.5) is 13.2 Å². The van der Waals surface area contributed by atoms with E-state index in [-0.39, 0.29) is 0 Å². The summed E-state index contributed by atoms with van der Waals surface area (Å²) in [6.45, 7) is 0.570. The summed E-state index contributed by atoms with van der Waals surface area (Å²) in [5.41, 5.74) is -0.542. The van der Waals surface area contributed by atoms with E-state index in [9.17, 15) is 18.0 Å². The number of amides is 1. The van der Waals surface area contributed by atoms with Gasteiger partial charge in [0.2, 0.25) is 0 Å². The lowest BCUT2D eigenvalue weighted by molar-refractivity contribution is 0.0973. The van der Waals surface area contributed by atoms with Crippen molar-refractivity contribution in [3.63, 3.8) is 0 Å². The molecule has 1 heterocycles. The highest BCUT2D eigenvalue weighted by Crippen LogP contribution is 2.16. The minimum atomic E-state index is -1.65. The van der Waals surface area contributed by atoms with Crippen LogP contribution in [-0.4, -0.2) is 23.4 Å². The van der Waals surface area contributed by atoms with Crippen LogP contribution in [0.2, 0.25) is 0 Å². The molecule has 0 aliphatic carbocycles. The fourth-order valence-corrected chi connectivity index (χ4v) is 2.00. The number of benzene rings is 1. The number of carbonyl (C=O) groups is 1. The highest BCUT2D eigenvalue weighted by molar-refractivity contribution is 8.14. The molecule has 2 rings (SSSR count). The molecule has 7 heteroatoms. The van der Waals surface area contributed by atoms with E-state index in [1.165, 1.54) is 11.8 Å². The second-order valence-corrected chi connectivity index (χ2v) is 4.30. The number of rotatable bonds is 1. The van der Waals surface area contributed by atoms with Gasteiger partial charge in [0.25, 0.3) is 5.91 Å². The Labute approximate surface area is 99.1 Å². The molecule has 90 valence electrons. The molecule has 0 aromatic heterocycles. The maximum atomic E-state index is 13.3. The van der Waals surface area contributed by atoms with E-state index >= 15 is 0 Å². The number of carbonyl (C=O) groups excluding carboxylic acids is 1. The minimum absolute atomic E-state index is 0.360. The molecule has 0 radical (unpaired) electrons. The van der Waals surface area contributed by atoms with Crippen molar-refractivity contribution >= 4 is 22.8 Å². The number of halogens is 3. The van der Waals surface area contributed by atoms with E-state index in [1.807, 2.05) is 0 Å². The summed E-state index contributed by atoms with van der Waals surface area (Å²) >= 11 is 1.31. The second kappa shape index (κ2) is 4.79. The first-order valence-electron chi connectivity index (χ1n) is 4.71. The Morgan fingerprint density at radius 1 is 1.29 bits per heavy atom. The van der Waals surface area contributed by atoms with Gasteiger partial charge in [0.05, 0.1) is 12.1 Å². The summed E-state index contributed by atoms with van der Waals surface area (Å²) in [5.74, 6) is -4.58. The molecule has 0 saturated heterocycles. The van der Waals surface area contributed by atoms with Crippen molar-refractivity contribution in [3.8, 4) is 0 Å². The van der Waals surface area contributed by atoms with E-state index in [4.69, 9.17) is 0 Å². The van der Waals surface area contributed by atoms with Crippen molar-refractivity contribution < 1.29 is 18.0 Å². The first-order valence-corrected chi connectivity index (χ1v) is 5.70. The van der Waals surface area contributed by atoms with Crippen molar-refractivity contribution in [1.82, 2.24) is 5.32 Å². The third-order valence-corrected chi connectivity index (χ3v) is 2.98. The number of aliphatic imine (C=N–C) groups is 1. The fraction of sp³-hybridized carbons (Fsp3) is 0.200. The molecule has 0 bridgehead atoms. The van der Waals surface area contributed by atoms with E-state index in [0.29, 0.717) is 17.8 Å². The Kier molecular flexibility index (Phi) is 3.37. The van der Waals surface area contributed by atoms with Crippen molar-refractivity contribution in [2.75, 3.05) is 12.3 Å². The molecule has 0 unspecified atom stereocenters. The van der Waals surface area contributed by atoms with E-state index in [1.54, 1.807) is 0 Å². The summed E-state index contributed by atoms with van der Waals surface area (Å²) in [7, 11) is 0. The third-order valence-electron chi connectivity index (χ3n) is 2.09.